The van der Waals surface area contributed by atoms with Crippen LogP contribution in [0.3, 0.4) is 0 Å². The molecular formula is C29H39ClN7O4S+. The van der Waals surface area contributed by atoms with Crippen molar-refractivity contribution in [1.82, 2.24) is 30.3 Å². The highest BCUT2D eigenvalue weighted by molar-refractivity contribution is 7.92. The molecule has 5 rings (SSSR count). The van der Waals surface area contributed by atoms with Gasteiger partial charge in [0.1, 0.15) is 10.8 Å². The van der Waals surface area contributed by atoms with Gasteiger partial charge in [0, 0.05) is 18.9 Å². The number of pyridine rings is 1. The van der Waals surface area contributed by atoms with Crippen LogP contribution >= 0.6 is 11.6 Å². The third kappa shape index (κ3) is 6.61. The monoisotopic (exact) mass is 616 g/mol. The lowest BCUT2D eigenvalue weighted by Crippen LogP contribution is -2.53. The number of likely N-dealkylation sites (N-methyl/N-ethyl adjacent to an activating group) is 2. The fourth-order valence-electron chi connectivity index (χ4n) is 5.78. The van der Waals surface area contributed by atoms with Crippen molar-refractivity contribution in [2.24, 2.45) is 11.8 Å². The van der Waals surface area contributed by atoms with Crippen LogP contribution in [0.1, 0.15) is 56.5 Å². The first-order valence-corrected chi connectivity index (χ1v) is 16.5. The Morgan fingerprint density at radius 3 is 2.64 bits per heavy atom. The van der Waals surface area contributed by atoms with Crippen molar-refractivity contribution >= 4 is 39.2 Å². The minimum atomic E-state index is -3.66. The number of benzene rings is 1. The Labute approximate surface area is 252 Å². The standard InChI is InChI=1S/C29H38ClN7O4S/c1-5-42(39,40)36-23-15-22(25(30)27(33-23)37(4,17-24(38)31-3)16-20-14-18(20)2)28-34-35-29(41-28)26-21(12-9-13-32-26)19-10-7-6-8-11-19/h6-8,10-11,15,18,20-21,26,32H,5,9,12-14,16-17H2,1-4H3,(H-,31,33,36,38)/p+1/t18-,20+,21-,26-,37?/m0/s1. The number of nitrogens with zero attached hydrogens (tertiary/aromatic N) is 4. The molecule has 3 aromatic rings. The molecule has 1 amide bonds. The summed E-state index contributed by atoms with van der Waals surface area (Å²) in [5, 5.41) is 15.2. The molecule has 1 saturated heterocycles. The summed E-state index contributed by atoms with van der Waals surface area (Å²) in [6, 6.07) is 11.6. The summed E-state index contributed by atoms with van der Waals surface area (Å²) in [6.45, 7) is 5.23. The summed E-state index contributed by atoms with van der Waals surface area (Å²) in [7, 11) is -0.183. The Morgan fingerprint density at radius 1 is 1.24 bits per heavy atom. The Morgan fingerprint density at radius 2 is 1.98 bits per heavy atom. The summed E-state index contributed by atoms with van der Waals surface area (Å²) in [5.74, 6) is 1.77. The molecule has 0 bridgehead atoms. The Bertz CT molecular complexity index is 1530. The highest BCUT2D eigenvalue weighted by Crippen LogP contribution is 2.45. The van der Waals surface area contributed by atoms with E-state index in [4.69, 9.17) is 16.0 Å². The van der Waals surface area contributed by atoms with Crippen LogP contribution in [0.5, 0.6) is 0 Å². The zero-order chi connectivity index (χ0) is 30.1. The van der Waals surface area contributed by atoms with Gasteiger partial charge in [-0.15, -0.1) is 10.2 Å². The van der Waals surface area contributed by atoms with Crippen LogP contribution < -0.4 is 19.8 Å². The molecule has 0 radical (unpaired) electrons. The maximum atomic E-state index is 12.7. The summed E-state index contributed by atoms with van der Waals surface area (Å²) in [5.41, 5.74) is 1.54. The topological polar surface area (TPSA) is 139 Å². The number of quaternary nitrogens is 1. The Balaban J connectivity index is 1.58. The SMILES string of the molecule is CCS(=O)(=O)Nc1cc(-c2nnc([C@H]3NCCC[C@H]3c3ccccc3)o2)c(Cl)c([N+](C)(CC(=O)NC)C[C@H]2C[C@@H]2C)n1. The lowest BCUT2D eigenvalue weighted by atomic mass is 9.85. The number of rotatable bonds is 11. The average Bonchev–Trinajstić information content (AvgIpc) is 3.44. The van der Waals surface area contributed by atoms with Crippen LogP contribution in [-0.4, -0.2) is 69.0 Å². The van der Waals surface area contributed by atoms with E-state index in [-0.39, 0.29) is 51.4 Å². The number of anilines is 1. The van der Waals surface area contributed by atoms with Crippen LogP contribution in [0, 0.1) is 11.8 Å². The molecule has 1 unspecified atom stereocenters. The molecule has 42 heavy (non-hydrogen) atoms. The number of amides is 1. The first-order valence-electron chi connectivity index (χ1n) is 14.4. The van der Waals surface area contributed by atoms with Crippen molar-refractivity contribution < 1.29 is 17.6 Å². The van der Waals surface area contributed by atoms with Crippen molar-refractivity contribution in [2.75, 3.05) is 44.2 Å². The van der Waals surface area contributed by atoms with E-state index in [2.05, 4.69) is 49.6 Å². The average molecular weight is 617 g/mol. The first-order chi connectivity index (χ1) is 20.0. The molecule has 11 nitrogen and oxygen atoms in total. The molecule has 5 atom stereocenters. The smallest absolute Gasteiger partial charge is 0.275 e. The first kappa shape index (κ1) is 30.4. The number of hydrogen-bond acceptors (Lipinski definition) is 8. The lowest BCUT2D eigenvalue weighted by molar-refractivity contribution is -0.121. The minimum Gasteiger partial charge on any atom is -0.419 e. The number of nitrogens with one attached hydrogen (secondary N) is 3. The summed E-state index contributed by atoms with van der Waals surface area (Å²) in [4.78, 5) is 17.4. The van der Waals surface area contributed by atoms with Crippen molar-refractivity contribution in [3.05, 3.63) is 52.9 Å². The van der Waals surface area contributed by atoms with Gasteiger partial charge >= 0.3 is 0 Å². The number of hydrogen-bond donors (Lipinski definition) is 3. The highest BCUT2D eigenvalue weighted by Gasteiger charge is 2.44. The van der Waals surface area contributed by atoms with E-state index in [1.165, 1.54) is 11.6 Å². The molecule has 1 aliphatic carbocycles. The Hall–Kier alpha value is -3.06. The van der Waals surface area contributed by atoms with Gasteiger partial charge in [0.05, 0.1) is 31.0 Å². The second kappa shape index (κ2) is 12.3. The molecule has 2 fully saturated rings. The molecule has 2 aliphatic rings. The van der Waals surface area contributed by atoms with Gasteiger partial charge in [-0.25, -0.2) is 8.42 Å². The zero-order valence-electron chi connectivity index (χ0n) is 24.4. The van der Waals surface area contributed by atoms with Crippen LogP contribution in [0.2, 0.25) is 5.02 Å². The van der Waals surface area contributed by atoms with E-state index in [1.54, 1.807) is 14.0 Å². The third-order valence-electron chi connectivity index (χ3n) is 8.40. The van der Waals surface area contributed by atoms with Gasteiger partial charge in [0.25, 0.3) is 5.91 Å². The lowest BCUT2D eigenvalue weighted by Gasteiger charge is -2.33. The predicted octanol–water partition coefficient (Wildman–Crippen LogP) is 4.09. The van der Waals surface area contributed by atoms with Crippen molar-refractivity contribution in [1.29, 1.82) is 0 Å². The zero-order valence-corrected chi connectivity index (χ0v) is 26.0. The van der Waals surface area contributed by atoms with Crippen LogP contribution in [-0.2, 0) is 14.8 Å². The number of aromatic nitrogens is 3. The molecule has 2 aromatic heterocycles. The maximum Gasteiger partial charge on any atom is 0.275 e. The quantitative estimate of drug-likeness (QED) is 0.274. The van der Waals surface area contributed by atoms with E-state index < -0.39 is 10.0 Å². The summed E-state index contributed by atoms with van der Waals surface area (Å²) >= 11 is 7.06. The normalized spacial score (nSPS) is 23.6. The molecular weight excluding hydrogens is 578 g/mol. The van der Waals surface area contributed by atoms with Gasteiger partial charge in [-0.3, -0.25) is 14.0 Å². The van der Waals surface area contributed by atoms with Gasteiger partial charge in [-0.1, -0.05) is 48.9 Å². The second-order valence-electron chi connectivity index (χ2n) is 11.6. The van der Waals surface area contributed by atoms with Crippen molar-refractivity contribution in [3.8, 4) is 11.5 Å². The van der Waals surface area contributed by atoms with E-state index >= 15 is 0 Å². The number of piperidine rings is 1. The fraction of sp³-hybridized carbons (Fsp3) is 0.517. The fourth-order valence-corrected chi connectivity index (χ4v) is 6.73. The highest BCUT2D eigenvalue weighted by atomic mass is 35.5. The van der Waals surface area contributed by atoms with Crippen LogP contribution in [0.4, 0.5) is 11.6 Å². The van der Waals surface area contributed by atoms with Gasteiger partial charge in [0.15, 0.2) is 6.54 Å². The molecule has 3 heterocycles. The van der Waals surface area contributed by atoms with Gasteiger partial charge in [-0.05, 0) is 50.3 Å². The molecule has 1 aliphatic heterocycles. The van der Waals surface area contributed by atoms with E-state index in [0.29, 0.717) is 35.7 Å². The number of carbonyl (C=O) groups is 1. The van der Waals surface area contributed by atoms with E-state index in [1.807, 2.05) is 25.2 Å². The van der Waals surface area contributed by atoms with E-state index in [0.717, 1.165) is 25.8 Å². The van der Waals surface area contributed by atoms with E-state index in [9.17, 15) is 13.2 Å². The van der Waals surface area contributed by atoms with Crippen molar-refractivity contribution in [3.63, 3.8) is 0 Å². The van der Waals surface area contributed by atoms with Crippen molar-refractivity contribution in [2.45, 2.75) is 45.1 Å². The molecule has 1 aromatic carbocycles. The summed E-state index contributed by atoms with van der Waals surface area (Å²) < 4.78 is 34.1. The number of sulfonamides is 1. The summed E-state index contributed by atoms with van der Waals surface area (Å²) in [6.07, 6.45) is 3.04. The molecule has 1 saturated carbocycles. The van der Waals surface area contributed by atoms with Gasteiger partial charge in [-0.2, -0.15) is 4.98 Å². The predicted molar refractivity (Wildman–Crippen MR) is 164 cm³/mol. The van der Waals surface area contributed by atoms with Crippen LogP contribution in [0.15, 0.2) is 40.8 Å². The van der Waals surface area contributed by atoms with Crippen LogP contribution in [0.25, 0.3) is 11.5 Å². The number of carbonyl (C=O) groups excluding carboxylic acids is 1. The van der Waals surface area contributed by atoms with Gasteiger partial charge in [0.2, 0.25) is 27.6 Å². The molecule has 3 N–H and O–H groups in total. The third-order valence-corrected chi connectivity index (χ3v) is 10.1. The minimum absolute atomic E-state index is 0.0778. The largest absolute Gasteiger partial charge is 0.419 e. The molecule has 13 heteroatoms. The maximum absolute atomic E-state index is 12.7. The second-order valence-corrected chi connectivity index (χ2v) is 14.0. The molecule has 0 spiro atoms. The Kier molecular flexibility index (Phi) is 8.89. The number of halogens is 1. The van der Waals surface area contributed by atoms with Gasteiger partial charge < -0.3 is 15.1 Å². The molecule has 226 valence electrons.